The number of thioether (sulfide) groups is 1. The van der Waals surface area contributed by atoms with Gasteiger partial charge in [0.05, 0.1) is 11.5 Å². The molecule has 122 valence electrons. The first-order valence-electron chi connectivity index (χ1n) is 7.42. The molecule has 2 aromatic carbocycles. The Balaban J connectivity index is 1.82. The van der Waals surface area contributed by atoms with Crippen molar-refractivity contribution in [2.45, 2.75) is 6.92 Å². The lowest BCUT2D eigenvalue weighted by atomic mass is 10.2. The van der Waals surface area contributed by atoms with Crippen LogP contribution in [0.2, 0.25) is 0 Å². The summed E-state index contributed by atoms with van der Waals surface area (Å²) >= 11 is 1.18. The second kappa shape index (κ2) is 7.31. The maximum Gasteiger partial charge on any atom is 0.264 e. The van der Waals surface area contributed by atoms with E-state index < -0.39 is 5.82 Å². The number of carbonyl (C=O) groups excluding carboxylic acids is 1. The molecule has 1 heterocycles. The second-order valence-electron chi connectivity index (χ2n) is 4.94. The minimum Gasteiger partial charge on any atom is -0.494 e. The van der Waals surface area contributed by atoms with Gasteiger partial charge < -0.3 is 10.1 Å². The molecule has 1 saturated heterocycles. The third-order valence-corrected chi connectivity index (χ3v) is 4.10. The first kappa shape index (κ1) is 16.3. The molecule has 1 N–H and O–H groups in total. The summed E-state index contributed by atoms with van der Waals surface area (Å²) in [7, 11) is 0. The van der Waals surface area contributed by atoms with E-state index in [1.54, 1.807) is 24.3 Å². The molecule has 6 heteroatoms. The highest BCUT2D eigenvalue weighted by Gasteiger charge is 2.24. The molecular formula is C18H15FN2O2S. The van der Waals surface area contributed by atoms with Gasteiger partial charge in [0.2, 0.25) is 0 Å². The number of hydrogen-bond donors (Lipinski definition) is 1. The van der Waals surface area contributed by atoms with E-state index in [-0.39, 0.29) is 11.6 Å². The van der Waals surface area contributed by atoms with Crippen molar-refractivity contribution in [1.29, 1.82) is 0 Å². The zero-order chi connectivity index (χ0) is 16.9. The number of benzene rings is 2. The van der Waals surface area contributed by atoms with Crippen molar-refractivity contribution >= 4 is 34.6 Å². The Labute approximate surface area is 143 Å². The lowest BCUT2D eigenvalue weighted by Gasteiger charge is -2.03. The molecule has 1 fully saturated rings. The summed E-state index contributed by atoms with van der Waals surface area (Å²) in [4.78, 5) is 16.7. The number of nitrogens with one attached hydrogen (secondary N) is 1. The Hall–Kier alpha value is -2.60. The van der Waals surface area contributed by atoms with Crippen LogP contribution in [-0.4, -0.2) is 17.7 Å². The average molecular weight is 342 g/mol. The molecule has 0 radical (unpaired) electrons. The van der Waals surface area contributed by atoms with Crippen LogP contribution < -0.4 is 10.1 Å². The van der Waals surface area contributed by atoms with Gasteiger partial charge in [-0.2, -0.15) is 0 Å². The van der Waals surface area contributed by atoms with Crippen LogP contribution in [0, 0.1) is 5.82 Å². The number of nitrogens with zero attached hydrogens (tertiary/aromatic N) is 1. The van der Waals surface area contributed by atoms with Crippen LogP contribution in [-0.2, 0) is 4.79 Å². The Morgan fingerprint density at radius 1 is 1.25 bits per heavy atom. The zero-order valence-corrected chi connectivity index (χ0v) is 13.8. The molecule has 1 amide bonds. The van der Waals surface area contributed by atoms with Crippen LogP contribution in [0.4, 0.5) is 10.1 Å². The van der Waals surface area contributed by atoms with Crippen LogP contribution in [0.3, 0.4) is 0 Å². The monoisotopic (exact) mass is 342 g/mol. The molecule has 0 aliphatic carbocycles. The standard InChI is InChI=1S/C18H15FN2O2S/c1-2-23-13-7-5-6-12(10-13)11-16-17(22)21-18(24-16)20-15-9-4-3-8-14(15)19/h3-11H,2H2,1H3,(H,20,21,22)/b16-11-. The fourth-order valence-electron chi connectivity index (χ4n) is 2.14. The molecule has 0 bridgehead atoms. The van der Waals surface area contributed by atoms with E-state index in [1.807, 2.05) is 31.2 Å². The van der Waals surface area contributed by atoms with Crippen LogP contribution in [0.1, 0.15) is 12.5 Å². The molecule has 0 aromatic heterocycles. The maximum absolute atomic E-state index is 13.6. The Morgan fingerprint density at radius 3 is 2.88 bits per heavy atom. The number of amidine groups is 1. The largest absolute Gasteiger partial charge is 0.494 e. The SMILES string of the molecule is CCOc1cccc(/C=C2\SC(=Nc3ccccc3F)NC2=O)c1. The van der Waals surface area contributed by atoms with E-state index in [1.165, 1.54) is 17.8 Å². The molecule has 0 atom stereocenters. The number of amides is 1. The number of halogens is 1. The van der Waals surface area contributed by atoms with E-state index in [4.69, 9.17) is 4.74 Å². The smallest absolute Gasteiger partial charge is 0.264 e. The van der Waals surface area contributed by atoms with Crippen LogP contribution >= 0.6 is 11.8 Å². The highest BCUT2D eigenvalue weighted by molar-refractivity contribution is 8.18. The van der Waals surface area contributed by atoms with Crippen molar-refractivity contribution in [3.63, 3.8) is 0 Å². The third kappa shape index (κ3) is 3.83. The van der Waals surface area contributed by atoms with Gasteiger partial charge in [-0.15, -0.1) is 0 Å². The quantitative estimate of drug-likeness (QED) is 0.851. The molecule has 0 spiro atoms. The summed E-state index contributed by atoms with van der Waals surface area (Å²) in [5, 5.41) is 3.01. The number of ether oxygens (including phenoxy) is 1. The fourth-order valence-corrected chi connectivity index (χ4v) is 2.98. The lowest BCUT2D eigenvalue weighted by molar-refractivity contribution is -0.115. The predicted octanol–water partition coefficient (Wildman–Crippen LogP) is 4.12. The molecular weight excluding hydrogens is 327 g/mol. The van der Waals surface area contributed by atoms with Gasteiger partial charge >= 0.3 is 0 Å². The van der Waals surface area contributed by atoms with E-state index >= 15 is 0 Å². The first-order chi connectivity index (χ1) is 11.7. The zero-order valence-electron chi connectivity index (χ0n) is 13.0. The van der Waals surface area contributed by atoms with Crippen molar-refractivity contribution in [1.82, 2.24) is 5.32 Å². The van der Waals surface area contributed by atoms with Crippen molar-refractivity contribution in [3.05, 3.63) is 64.8 Å². The van der Waals surface area contributed by atoms with Crippen LogP contribution in [0.15, 0.2) is 58.4 Å². The van der Waals surface area contributed by atoms with Crippen molar-refractivity contribution in [3.8, 4) is 5.75 Å². The Morgan fingerprint density at radius 2 is 2.08 bits per heavy atom. The summed E-state index contributed by atoms with van der Waals surface area (Å²) in [6.07, 6.45) is 1.76. The number of rotatable bonds is 4. The van der Waals surface area contributed by atoms with Gasteiger partial charge in [-0.1, -0.05) is 24.3 Å². The normalized spacial score (nSPS) is 17.3. The second-order valence-corrected chi connectivity index (χ2v) is 5.97. The van der Waals surface area contributed by atoms with Gasteiger partial charge in [0, 0.05) is 0 Å². The van der Waals surface area contributed by atoms with Gasteiger partial charge in [-0.25, -0.2) is 9.38 Å². The minimum atomic E-state index is -0.429. The summed E-state index contributed by atoms with van der Waals surface area (Å²) in [5.41, 5.74) is 1.05. The van der Waals surface area contributed by atoms with Crippen molar-refractivity contribution < 1.29 is 13.9 Å². The summed E-state index contributed by atoms with van der Waals surface area (Å²) in [6.45, 7) is 2.49. The predicted molar refractivity (Wildman–Crippen MR) is 94.8 cm³/mol. The van der Waals surface area contributed by atoms with Crippen LogP contribution in [0.25, 0.3) is 6.08 Å². The Bertz CT molecular complexity index is 833. The van der Waals surface area contributed by atoms with Gasteiger partial charge in [0.15, 0.2) is 5.17 Å². The molecule has 0 saturated carbocycles. The van der Waals surface area contributed by atoms with E-state index in [9.17, 15) is 9.18 Å². The first-order valence-corrected chi connectivity index (χ1v) is 8.24. The number of aliphatic imine (C=N–C) groups is 1. The van der Waals surface area contributed by atoms with Crippen LogP contribution in [0.5, 0.6) is 5.75 Å². The van der Waals surface area contributed by atoms with Gasteiger partial charge in [-0.05, 0) is 54.6 Å². The highest BCUT2D eigenvalue weighted by Crippen LogP contribution is 2.29. The van der Waals surface area contributed by atoms with Gasteiger partial charge in [0.25, 0.3) is 5.91 Å². The average Bonchev–Trinajstić information content (AvgIpc) is 2.90. The number of hydrogen-bond acceptors (Lipinski definition) is 4. The van der Waals surface area contributed by atoms with Gasteiger partial charge in [-0.3, -0.25) is 4.79 Å². The number of para-hydroxylation sites is 1. The van der Waals surface area contributed by atoms with E-state index in [0.717, 1.165) is 11.3 Å². The summed E-state index contributed by atoms with van der Waals surface area (Å²) in [5.74, 6) is 0.0640. The molecule has 3 rings (SSSR count). The topological polar surface area (TPSA) is 50.7 Å². The molecule has 2 aromatic rings. The highest BCUT2D eigenvalue weighted by atomic mass is 32.2. The fraction of sp³-hybridized carbons (Fsp3) is 0.111. The lowest BCUT2D eigenvalue weighted by Crippen LogP contribution is -2.19. The minimum absolute atomic E-state index is 0.194. The summed E-state index contributed by atoms with van der Waals surface area (Å²) in [6, 6.07) is 13.6. The van der Waals surface area contributed by atoms with E-state index in [2.05, 4.69) is 10.3 Å². The van der Waals surface area contributed by atoms with Crippen molar-refractivity contribution in [2.75, 3.05) is 6.61 Å². The van der Waals surface area contributed by atoms with Gasteiger partial charge in [0.1, 0.15) is 17.3 Å². The summed E-state index contributed by atoms with van der Waals surface area (Å²) < 4.78 is 19.1. The molecule has 0 unspecified atom stereocenters. The van der Waals surface area contributed by atoms with Crippen molar-refractivity contribution in [2.24, 2.45) is 4.99 Å². The maximum atomic E-state index is 13.6. The number of carbonyl (C=O) groups is 1. The Kier molecular flexibility index (Phi) is 4.96. The third-order valence-electron chi connectivity index (χ3n) is 3.19. The molecule has 4 nitrogen and oxygen atoms in total. The van der Waals surface area contributed by atoms with E-state index in [0.29, 0.717) is 16.7 Å². The molecule has 1 aliphatic rings. The molecule has 24 heavy (non-hydrogen) atoms. The molecule has 1 aliphatic heterocycles.